The van der Waals surface area contributed by atoms with E-state index in [0.29, 0.717) is 22.2 Å². The first-order valence-electron chi connectivity index (χ1n) is 8.37. The lowest BCUT2D eigenvalue weighted by Gasteiger charge is -2.24. The van der Waals surface area contributed by atoms with Crippen molar-refractivity contribution in [3.63, 3.8) is 0 Å². The highest BCUT2D eigenvalue weighted by atomic mass is 32.2. The summed E-state index contributed by atoms with van der Waals surface area (Å²) in [5, 5.41) is 2.54. The van der Waals surface area contributed by atoms with Crippen LogP contribution >= 0.6 is 11.3 Å². The van der Waals surface area contributed by atoms with E-state index >= 15 is 0 Å². The number of benzene rings is 2. The van der Waals surface area contributed by atoms with Crippen molar-refractivity contribution in [2.75, 3.05) is 4.31 Å². The lowest BCUT2D eigenvalue weighted by atomic mass is 10.1. The van der Waals surface area contributed by atoms with E-state index in [9.17, 15) is 21.9 Å². The molecule has 0 aliphatic carbocycles. The molecule has 0 amide bonds. The number of para-hydroxylation sites is 1. The van der Waals surface area contributed by atoms with Crippen LogP contribution in [-0.4, -0.2) is 25.1 Å². The molecule has 0 aliphatic rings. The number of ether oxygens (including phenoxy) is 1. The van der Waals surface area contributed by atoms with Crippen molar-refractivity contribution >= 4 is 44.3 Å². The Morgan fingerprint density at radius 3 is 2.60 bits per heavy atom. The summed E-state index contributed by atoms with van der Waals surface area (Å²) >= 11 is -1.52. The summed E-state index contributed by atoms with van der Waals surface area (Å²) in [6, 6.07) is 13.8. The number of rotatable bonds is 5. The summed E-state index contributed by atoms with van der Waals surface area (Å²) in [4.78, 5) is 8.57. The number of fused-ring (bicyclic) bond motifs is 1. The largest absolute Gasteiger partial charge is 0.755 e. The zero-order chi connectivity index (χ0) is 21.3. The number of hydrogen-bond acceptors (Lipinski definition) is 6. The number of nitrogens with zero attached hydrogens (tertiary/aromatic N) is 3. The van der Waals surface area contributed by atoms with E-state index in [2.05, 4.69) is 14.7 Å². The minimum absolute atomic E-state index is 0.239. The van der Waals surface area contributed by atoms with Gasteiger partial charge in [0.25, 0.3) is 0 Å². The highest BCUT2D eigenvalue weighted by molar-refractivity contribution is 7.81. The van der Waals surface area contributed by atoms with Crippen molar-refractivity contribution in [3.05, 3.63) is 66.2 Å². The first kappa shape index (κ1) is 20.3. The van der Waals surface area contributed by atoms with Gasteiger partial charge in [0.2, 0.25) is 5.13 Å². The molecule has 11 heteroatoms. The van der Waals surface area contributed by atoms with Crippen LogP contribution in [0, 0.1) is 0 Å². The van der Waals surface area contributed by atoms with Gasteiger partial charge < -0.3 is 9.29 Å². The Balaban J connectivity index is 1.83. The van der Waals surface area contributed by atoms with Crippen molar-refractivity contribution in [3.8, 4) is 17.0 Å². The molecule has 0 saturated heterocycles. The van der Waals surface area contributed by atoms with Crippen LogP contribution < -0.4 is 9.04 Å². The standard InChI is InChI=1S/C19H12F3N3O3S2/c20-19(21,22)28-14-5-1-4-13(11-14)15-8-7-12-3-2-6-16(17(12)24-15)25(30(26)27)18-23-9-10-29-18/h1-11H,(H,26,27)/p-1. The summed E-state index contributed by atoms with van der Waals surface area (Å²) in [7, 11) is 0. The van der Waals surface area contributed by atoms with E-state index < -0.39 is 17.6 Å². The molecule has 0 spiro atoms. The fraction of sp³-hybridized carbons (Fsp3) is 0.0526. The van der Waals surface area contributed by atoms with Gasteiger partial charge in [0.15, 0.2) is 0 Å². The van der Waals surface area contributed by atoms with Crippen molar-refractivity contribution in [1.82, 2.24) is 9.97 Å². The second-order valence-electron chi connectivity index (χ2n) is 5.95. The number of thiazole rings is 1. The molecule has 4 rings (SSSR count). The normalized spacial score (nSPS) is 12.7. The third kappa shape index (κ3) is 4.27. The third-order valence-electron chi connectivity index (χ3n) is 4.02. The number of aromatic nitrogens is 2. The quantitative estimate of drug-likeness (QED) is 0.391. The predicted molar refractivity (Wildman–Crippen MR) is 107 cm³/mol. The van der Waals surface area contributed by atoms with Crippen LogP contribution in [0.3, 0.4) is 0 Å². The SMILES string of the molecule is O=S([O-])N(c1nccs1)c1cccc2ccc(-c3cccc(OC(F)(F)F)c3)nc12. The number of anilines is 2. The summed E-state index contributed by atoms with van der Waals surface area (Å²) in [6.07, 6.45) is -3.33. The van der Waals surface area contributed by atoms with Gasteiger partial charge >= 0.3 is 6.36 Å². The molecule has 1 unspecified atom stereocenters. The maximum atomic E-state index is 12.5. The van der Waals surface area contributed by atoms with E-state index in [1.165, 1.54) is 24.4 Å². The first-order chi connectivity index (χ1) is 14.3. The topological polar surface area (TPSA) is 78.4 Å². The Morgan fingerprint density at radius 1 is 1.10 bits per heavy atom. The highest BCUT2D eigenvalue weighted by Crippen LogP contribution is 2.35. The molecule has 6 nitrogen and oxygen atoms in total. The molecule has 2 heterocycles. The summed E-state index contributed by atoms with van der Waals surface area (Å²) in [5.41, 5.74) is 1.38. The van der Waals surface area contributed by atoms with Crippen LogP contribution in [-0.2, 0) is 11.3 Å². The van der Waals surface area contributed by atoms with Crippen molar-refractivity contribution < 1.29 is 26.7 Å². The van der Waals surface area contributed by atoms with E-state index in [-0.39, 0.29) is 16.6 Å². The maximum Gasteiger partial charge on any atom is 0.573 e. The maximum absolute atomic E-state index is 12.5. The zero-order valence-corrected chi connectivity index (χ0v) is 16.5. The minimum Gasteiger partial charge on any atom is -0.755 e. The summed E-state index contributed by atoms with van der Waals surface area (Å²) in [6.45, 7) is 0. The number of alkyl halides is 3. The molecule has 4 aromatic rings. The van der Waals surface area contributed by atoms with Crippen LogP contribution in [0.4, 0.5) is 24.0 Å². The Morgan fingerprint density at radius 2 is 1.90 bits per heavy atom. The Bertz CT molecular complexity index is 1220. The second kappa shape index (κ2) is 8.01. The summed E-state index contributed by atoms with van der Waals surface area (Å²) < 4.78 is 66.4. The molecule has 0 N–H and O–H groups in total. The smallest absolute Gasteiger partial charge is 0.573 e. The fourth-order valence-electron chi connectivity index (χ4n) is 2.87. The van der Waals surface area contributed by atoms with E-state index in [1.807, 2.05) is 0 Å². The van der Waals surface area contributed by atoms with Crippen LogP contribution in [0.5, 0.6) is 5.75 Å². The Hall–Kier alpha value is -3.02. The third-order valence-corrected chi connectivity index (χ3v) is 5.56. The van der Waals surface area contributed by atoms with Gasteiger partial charge in [0.1, 0.15) is 5.75 Å². The minimum atomic E-state index is -4.81. The van der Waals surface area contributed by atoms with Gasteiger partial charge in [-0.05, 0) is 24.3 Å². The first-order valence-corrected chi connectivity index (χ1v) is 10.3. The second-order valence-corrected chi connectivity index (χ2v) is 7.62. The van der Waals surface area contributed by atoms with Gasteiger partial charge in [-0.1, -0.05) is 30.3 Å². The molecule has 2 aromatic heterocycles. The lowest BCUT2D eigenvalue weighted by Crippen LogP contribution is -2.19. The molecule has 0 aliphatic heterocycles. The lowest BCUT2D eigenvalue weighted by molar-refractivity contribution is -0.274. The molecule has 0 fully saturated rings. The molecular formula is C19H11F3N3O3S2-. The number of hydrogen-bond donors (Lipinski definition) is 0. The van der Waals surface area contributed by atoms with E-state index in [4.69, 9.17) is 0 Å². The van der Waals surface area contributed by atoms with Crippen LogP contribution in [0.2, 0.25) is 0 Å². The zero-order valence-electron chi connectivity index (χ0n) is 14.9. The van der Waals surface area contributed by atoms with Gasteiger partial charge in [-0.3, -0.25) is 4.21 Å². The van der Waals surface area contributed by atoms with Crippen molar-refractivity contribution in [2.45, 2.75) is 6.36 Å². The molecule has 0 bridgehead atoms. The van der Waals surface area contributed by atoms with Gasteiger partial charge in [0.05, 0.1) is 28.2 Å². The van der Waals surface area contributed by atoms with Gasteiger partial charge in [-0.2, -0.15) is 0 Å². The Labute approximate surface area is 175 Å². The summed E-state index contributed by atoms with van der Waals surface area (Å²) in [5.74, 6) is -0.375. The number of pyridine rings is 1. The fourth-order valence-corrected chi connectivity index (χ4v) is 4.23. The number of halogens is 3. The molecule has 0 saturated carbocycles. The predicted octanol–water partition coefficient (Wildman–Crippen LogP) is 5.19. The van der Waals surface area contributed by atoms with Crippen LogP contribution in [0.25, 0.3) is 22.2 Å². The Kier molecular flexibility index (Phi) is 5.41. The molecule has 30 heavy (non-hydrogen) atoms. The van der Waals surface area contributed by atoms with Crippen LogP contribution in [0.15, 0.2) is 66.2 Å². The molecular weight excluding hydrogens is 439 g/mol. The van der Waals surface area contributed by atoms with Crippen LogP contribution in [0.1, 0.15) is 0 Å². The molecule has 154 valence electrons. The van der Waals surface area contributed by atoms with Gasteiger partial charge in [-0.15, -0.1) is 24.5 Å². The molecule has 2 aromatic carbocycles. The van der Waals surface area contributed by atoms with E-state index in [1.54, 1.807) is 41.8 Å². The van der Waals surface area contributed by atoms with Gasteiger partial charge in [-0.25, -0.2) is 14.3 Å². The average Bonchev–Trinajstić information content (AvgIpc) is 3.21. The van der Waals surface area contributed by atoms with Crippen molar-refractivity contribution in [1.29, 1.82) is 0 Å². The molecule has 0 radical (unpaired) electrons. The van der Waals surface area contributed by atoms with Gasteiger partial charge in [0, 0.05) is 22.5 Å². The average molecular weight is 450 g/mol. The van der Waals surface area contributed by atoms with Crippen molar-refractivity contribution in [2.24, 2.45) is 0 Å². The van der Waals surface area contributed by atoms with E-state index in [0.717, 1.165) is 15.6 Å². The monoisotopic (exact) mass is 450 g/mol. The molecule has 1 atom stereocenters. The highest BCUT2D eigenvalue weighted by Gasteiger charge is 2.31.